The summed E-state index contributed by atoms with van der Waals surface area (Å²) in [5.41, 5.74) is 5.06. The predicted molar refractivity (Wildman–Crippen MR) is 140 cm³/mol. The smallest absolute Gasteiger partial charge is 0.322 e. The van der Waals surface area contributed by atoms with Gasteiger partial charge in [0, 0.05) is 0 Å². The van der Waals surface area contributed by atoms with Crippen LogP contribution >= 0.6 is 0 Å². The average Bonchev–Trinajstić information content (AvgIpc) is 2.98. The summed E-state index contributed by atoms with van der Waals surface area (Å²) in [7, 11) is 0. The van der Waals surface area contributed by atoms with Crippen LogP contribution in [0, 0.1) is 0 Å². The first-order valence-corrected chi connectivity index (χ1v) is 12.2. The van der Waals surface area contributed by atoms with Crippen LogP contribution in [0.5, 0.6) is 0 Å². The van der Waals surface area contributed by atoms with Gasteiger partial charge in [0.1, 0.15) is 12.6 Å². The van der Waals surface area contributed by atoms with Crippen molar-refractivity contribution in [1.29, 1.82) is 0 Å². The normalized spacial score (nSPS) is 10.6. The Kier molecular flexibility index (Phi) is 18.7. The molecule has 240 valence electrons. The second kappa shape index (κ2) is 21.4. The van der Waals surface area contributed by atoms with Gasteiger partial charge >= 0.3 is 5.97 Å². The highest BCUT2D eigenvalue weighted by Crippen LogP contribution is 1.84. The monoisotopic (exact) mass is 618 g/mol. The molecule has 0 unspecified atom stereocenters. The van der Waals surface area contributed by atoms with Crippen molar-refractivity contribution in [2.75, 3.05) is 65.5 Å². The number of carbonyl (C=O) groups is 10. The molecular formula is C21H34N10O12. The number of carboxylic acids is 1. The lowest BCUT2D eigenvalue weighted by Crippen LogP contribution is -2.53. The molecule has 22 heteroatoms. The number of nitrogens with two attached hydrogens (primary N) is 1. The summed E-state index contributed by atoms with van der Waals surface area (Å²) in [5, 5.41) is 36.9. The molecule has 0 heterocycles. The fourth-order valence-electron chi connectivity index (χ4n) is 2.42. The lowest BCUT2D eigenvalue weighted by Gasteiger charge is -2.16. The molecule has 43 heavy (non-hydrogen) atoms. The van der Waals surface area contributed by atoms with Gasteiger partial charge in [0.05, 0.1) is 59.0 Å². The molecule has 0 radical (unpaired) electrons. The number of hydrogen-bond donors (Lipinski definition) is 12. The van der Waals surface area contributed by atoms with E-state index in [1.807, 2.05) is 5.32 Å². The molecule has 1 atom stereocenters. The van der Waals surface area contributed by atoms with E-state index < -0.39 is 124 Å². The van der Waals surface area contributed by atoms with Gasteiger partial charge in [-0.15, -0.1) is 0 Å². The van der Waals surface area contributed by atoms with Gasteiger partial charge in [-0.2, -0.15) is 0 Å². The van der Waals surface area contributed by atoms with Crippen LogP contribution in [-0.4, -0.2) is 141 Å². The van der Waals surface area contributed by atoms with E-state index in [1.165, 1.54) is 0 Å². The van der Waals surface area contributed by atoms with E-state index in [0.29, 0.717) is 0 Å². The molecule has 22 nitrogen and oxygen atoms in total. The molecule has 0 aliphatic carbocycles. The van der Waals surface area contributed by atoms with Gasteiger partial charge in [-0.1, -0.05) is 0 Å². The number of amides is 9. The first-order valence-electron chi connectivity index (χ1n) is 12.2. The molecule has 0 aliphatic heterocycles. The minimum Gasteiger partial charge on any atom is -0.480 e. The fraction of sp³-hybridized carbons (Fsp3) is 0.524. The third-order valence-corrected chi connectivity index (χ3v) is 4.56. The van der Waals surface area contributed by atoms with E-state index in [1.54, 1.807) is 0 Å². The largest absolute Gasteiger partial charge is 0.480 e. The van der Waals surface area contributed by atoms with Crippen LogP contribution in [0.2, 0.25) is 0 Å². The summed E-state index contributed by atoms with van der Waals surface area (Å²) in [5.74, 6) is -8.37. The SMILES string of the molecule is NCC(=O)NCC(=O)NCC(=O)NCC(=O)N[C@@H](CO)C(=O)NCC(=O)NCC(=O)NCC(=O)NCC(=O)NCC(=O)O. The number of carbonyl (C=O) groups excluding carboxylic acids is 9. The number of rotatable bonds is 20. The lowest BCUT2D eigenvalue weighted by molar-refractivity contribution is -0.138. The lowest BCUT2D eigenvalue weighted by atomic mass is 10.3. The molecule has 0 aromatic rings. The molecule has 0 spiro atoms. The summed E-state index contributed by atoms with van der Waals surface area (Å²) < 4.78 is 0. The Bertz CT molecular complexity index is 1070. The molecule has 13 N–H and O–H groups in total. The van der Waals surface area contributed by atoms with Crippen LogP contribution in [0.4, 0.5) is 0 Å². The van der Waals surface area contributed by atoms with Gasteiger partial charge in [-0.25, -0.2) is 0 Å². The van der Waals surface area contributed by atoms with E-state index >= 15 is 0 Å². The quantitative estimate of drug-likeness (QED) is 0.0603. The van der Waals surface area contributed by atoms with Crippen molar-refractivity contribution < 1.29 is 58.2 Å². The van der Waals surface area contributed by atoms with Crippen LogP contribution in [0.25, 0.3) is 0 Å². The van der Waals surface area contributed by atoms with Crippen LogP contribution in [0.1, 0.15) is 0 Å². The maximum absolute atomic E-state index is 12.1. The molecule has 0 aromatic carbocycles. The van der Waals surface area contributed by atoms with Crippen LogP contribution < -0.4 is 53.6 Å². The summed E-state index contributed by atoms with van der Waals surface area (Å²) in [6.07, 6.45) is 0. The highest BCUT2D eigenvalue weighted by Gasteiger charge is 2.21. The summed E-state index contributed by atoms with van der Waals surface area (Å²) in [4.78, 5) is 115. The van der Waals surface area contributed by atoms with Crippen molar-refractivity contribution in [2.45, 2.75) is 6.04 Å². The number of nitrogens with one attached hydrogen (secondary N) is 9. The Morgan fingerprint density at radius 1 is 0.465 bits per heavy atom. The molecule has 9 amide bonds. The molecule has 0 aromatic heterocycles. The predicted octanol–water partition coefficient (Wildman–Crippen LogP) is -9.56. The summed E-state index contributed by atoms with van der Waals surface area (Å²) in [6.45, 7) is -5.73. The van der Waals surface area contributed by atoms with E-state index in [4.69, 9.17) is 10.8 Å². The van der Waals surface area contributed by atoms with Crippen molar-refractivity contribution >= 4 is 59.1 Å². The zero-order chi connectivity index (χ0) is 32.8. The molecule has 0 aliphatic rings. The summed E-state index contributed by atoms with van der Waals surface area (Å²) >= 11 is 0. The third kappa shape index (κ3) is 20.2. The Labute approximate surface area is 243 Å². The third-order valence-electron chi connectivity index (χ3n) is 4.56. The average molecular weight is 619 g/mol. The van der Waals surface area contributed by atoms with E-state index in [0.717, 1.165) is 0 Å². The van der Waals surface area contributed by atoms with Crippen molar-refractivity contribution in [3.63, 3.8) is 0 Å². The Hall–Kier alpha value is -5.38. The van der Waals surface area contributed by atoms with Crippen molar-refractivity contribution in [3.8, 4) is 0 Å². The highest BCUT2D eigenvalue weighted by molar-refractivity contribution is 5.94. The van der Waals surface area contributed by atoms with E-state index in [9.17, 15) is 53.1 Å². The number of aliphatic carboxylic acids is 1. The number of aliphatic hydroxyl groups is 1. The maximum Gasteiger partial charge on any atom is 0.322 e. The Morgan fingerprint density at radius 2 is 0.767 bits per heavy atom. The highest BCUT2D eigenvalue weighted by atomic mass is 16.4. The van der Waals surface area contributed by atoms with Gasteiger partial charge in [-0.3, -0.25) is 47.9 Å². The molecule has 0 saturated heterocycles. The first kappa shape index (κ1) is 37.6. The van der Waals surface area contributed by atoms with Gasteiger partial charge in [0.2, 0.25) is 53.2 Å². The molecule has 0 saturated carbocycles. The number of hydrogen-bond acceptors (Lipinski definition) is 12. The van der Waals surface area contributed by atoms with E-state index in [2.05, 4.69) is 42.5 Å². The van der Waals surface area contributed by atoms with Crippen molar-refractivity contribution in [1.82, 2.24) is 47.9 Å². The fourth-order valence-corrected chi connectivity index (χ4v) is 2.42. The zero-order valence-corrected chi connectivity index (χ0v) is 22.7. The summed E-state index contributed by atoms with van der Waals surface area (Å²) in [6, 6.07) is -1.50. The maximum atomic E-state index is 12.1. The Morgan fingerprint density at radius 3 is 1.09 bits per heavy atom. The van der Waals surface area contributed by atoms with Gasteiger partial charge in [-0.05, 0) is 0 Å². The van der Waals surface area contributed by atoms with E-state index in [-0.39, 0.29) is 6.54 Å². The minimum atomic E-state index is -1.50. The Balaban J connectivity index is 4.22. The molecular weight excluding hydrogens is 584 g/mol. The topological polar surface area (TPSA) is 345 Å². The second-order valence-corrected chi connectivity index (χ2v) is 8.06. The van der Waals surface area contributed by atoms with Crippen molar-refractivity contribution in [3.05, 3.63) is 0 Å². The first-order chi connectivity index (χ1) is 20.3. The van der Waals surface area contributed by atoms with Gasteiger partial charge in [0.25, 0.3) is 0 Å². The number of carboxylic acid groups (broad SMARTS) is 1. The minimum absolute atomic E-state index is 0.322. The number of aliphatic hydroxyl groups excluding tert-OH is 1. The van der Waals surface area contributed by atoms with Crippen LogP contribution in [-0.2, 0) is 47.9 Å². The van der Waals surface area contributed by atoms with Gasteiger partial charge < -0.3 is 63.8 Å². The molecule has 0 rings (SSSR count). The molecule has 0 bridgehead atoms. The van der Waals surface area contributed by atoms with Crippen molar-refractivity contribution in [2.24, 2.45) is 5.73 Å². The standard InChI is InChI=1S/C21H34N10O12/c22-1-12(33)23-2-13(34)24-5-16(37)28-8-19(40)31-11(10-32)21(43)30-7-18(39)27-4-15(36)25-3-14(35)26-6-17(38)29-9-20(41)42/h11,32H,1-10,22H2,(H,23,33)(H,24,34)(H,25,36)(H,26,35)(H,27,39)(H,28,37)(H,29,38)(H,30,43)(H,31,40)(H,41,42)/t11-/m0/s1. The van der Waals surface area contributed by atoms with Crippen LogP contribution in [0.3, 0.4) is 0 Å². The zero-order valence-electron chi connectivity index (χ0n) is 22.7. The second-order valence-electron chi connectivity index (χ2n) is 8.06. The van der Waals surface area contributed by atoms with Crippen LogP contribution in [0.15, 0.2) is 0 Å². The molecule has 0 fully saturated rings. The van der Waals surface area contributed by atoms with Gasteiger partial charge in [0.15, 0.2) is 0 Å².